The second-order valence-corrected chi connectivity index (χ2v) is 39.5. The average molecular weight is 576 g/mol. The van der Waals surface area contributed by atoms with Crippen LogP contribution in [0.2, 0.25) is 78.6 Å². The molecule has 3 fully saturated rings. The molecule has 0 bridgehead atoms. The Hall–Kier alpha value is 1.07. The minimum absolute atomic E-state index is 0.119. The van der Waals surface area contributed by atoms with Crippen LogP contribution in [0.1, 0.15) is 0 Å². The lowest BCUT2D eigenvalue weighted by Crippen LogP contribution is -2.98. The molecule has 0 spiro atoms. The lowest BCUT2D eigenvalue weighted by molar-refractivity contribution is 0.428. The first-order valence-electron chi connectivity index (χ1n) is 12.5. The van der Waals surface area contributed by atoms with Crippen molar-refractivity contribution in [3.05, 3.63) is 0 Å². The SMILES string of the molecule is CN1B(F)N(C)B(N2[Si](C)(C)N[Si](C)(C)N[Si]2(C)C)N(C)B1N1[Si](C)(C)N[Si](C)(C)N[Si]1(C)C. The summed E-state index contributed by atoms with van der Waals surface area (Å²) < 4.78 is 44.2. The first-order chi connectivity index (χ1) is 15.0. The molecule has 194 valence electrons. The van der Waals surface area contributed by atoms with E-state index in [4.69, 9.17) is 0 Å². The fraction of sp³-hybridized carbons (Fsp3) is 1.00. The van der Waals surface area contributed by atoms with Gasteiger partial charge in [0.1, 0.15) is 0 Å². The molecule has 0 saturated carbocycles. The summed E-state index contributed by atoms with van der Waals surface area (Å²) in [5.74, 6) is 0. The number of nitrogens with zero attached hydrogens (tertiary/aromatic N) is 5. The molecule has 3 aliphatic heterocycles. The lowest BCUT2D eigenvalue weighted by atomic mass is 9.61. The van der Waals surface area contributed by atoms with Crippen LogP contribution in [0.15, 0.2) is 0 Å². The van der Waals surface area contributed by atoms with E-state index in [1.807, 2.05) is 23.5 Å². The van der Waals surface area contributed by atoms with Gasteiger partial charge in [-0.25, -0.2) is 0 Å². The Balaban J connectivity index is 2.11. The molecule has 4 N–H and O–H groups in total. The van der Waals surface area contributed by atoms with Crippen LogP contribution in [-0.4, -0.2) is 115 Å². The van der Waals surface area contributed by atoms with Crippen molar-refractivity contribution in [1.29, 1.82) is 0 Å². The minimum atomic E-state index is -2.03. The molecule has 34 heavy (non-hydrogen) atoms. The van der Waals surface area contributed by atoms with Crippen LogP contribution in [0, 0.1) is 0 Å². The van der Waals surface area contributed by atoms with Crippen molar-refractivity contribution >= 4 is 71.9 Å². The van der Waals surface area contributed by atoms with Crippen LogP contribution in [0.3, 0.4) is 0 Å². The molecule has 3 aliphatic rings. The van der Waals surface area contributed by atoms with Crippen molar-refractivity contribution in [1.82, 2.24) is 41.0 Å². The molecule has 0 radical (unpaired) electrons. The van der Waals surface area contributed by atoms with Crippen molar-refractivity contribution < 1.29 is 4.32 Å². The lowest BCUT2D eigenvalue weighted by Gasteiger charge is -2.66. The van der Waals surface area contributed by atoms with Gasteiger partial charge in [-0.05, 0) is 99.7 Å². The van der Waals surface area contributed by atoms with Crippen molar-refractivity contribution in [2.45, 2.75) is 78.6 Å². The Morgan fingerprint density at radius 3 is 0.941 bits per heavy atom. The number of hydrogen-bond acceptors (Lipinski definition) is 9. The van der Waals surface area contributed by atoms with E-state index in [0.717, 1.165) is 0 Å². The van der Waals surface area contributed by atoms with E-state index in [1.54, 1.807) is 0 Å². The second kappa shape index (κ2) is 8.80. The highest BCUT2D eigenvalue weighted by Crippen LogP contribution is 2.34. The molecule has 0 aliphatic carbocycles. The summed E-state index contributed by atoms with van der Waals surface area (Å²) in [4.78, 5) is 0. The first kappa shape index (κ1) is 29.6. The Morgan fingerprint density at radius 2 is 0.706 bits per heavy atom. The molecule has 19 heteroatoms. The maximum atomic E-state index is 16.2. The van der Waals surface area contributed by atoms with Crippen LogP contribution in [-0.2, 0) is 0 Å². The molecule has 3 heterocycles. The third-order valence-electron chi connectivity index (χ3n) is 7.47. The molecule has 0 atom stereocenters. The minimum Gasteiger partial charge on any atom is -0.337 e. The Bertz CT molecular complexity index is 708. The molecule has 0 unspecified atom stereocenters. The molecular formula is C15H49B3FN9Si6. The zero-order valence-electron chi connectivity index (χ0n) is 24.3. The van der Waals surface area contributed by atoms with Crippen LogP contribution in [0.25, 0.3) is 0 Å². The van der Waals surface area contributed by atoms with E-state index in [2.05, 4.69) is 117 Å². The standard InChI is InChI=1S/C15H49B3FN9Si6/c1-24-16(19)25(2)18(28-33(12,13)22-30(6,7)23-34(28,14)15)26(3)17(24)27-31(8,9)20-29(4,5)21-32(27,10)11/h20-23H,1-15H3. The van der Waals surface area contributed by atoms with Gasteiger partial charge in [0, 0.05) is 0 Å². The highest BCUT2D eigenvalue weighted by molar-refractivity contribution is 7.13. The van der Waals surface area contributed by atoms with E-state index in [-0.39, 0.29) is 14.2 Å². The molecule has 0 aromatic heterocycles. The zero-order chi connectivity index (χ0) is 26.4. The van der Waals surface area contributed by atoms with E-state index in [1.165, 1.54) is 0 Å². The van der Waals surface area contributed by atoms with Gasteiger partial charge < -0.3 is 41.0 Å². The molecule has 0 amide bonds. The predicted molar refractivity (Wildman–Crippen MR) is 163 cm³/mol. The van der Waals surface area contributed by atoms with Gasteiger partial charge in [0.25, 0.3) is 0 Å². The van der Waals surface area contributed by atoms with Crippen LogP contribution < -0.4 is 18.6 Å². The number of nitrogens with one attached hydrogen (secondary N) is 4. The molecule has 9 nitrogen and oxygen atoms in total. The average Bonchev–Trinajstić information content (AvgIpc) is 2.53. The quantitative estimate of drug-likeness (QED) is 0.361. The summed E-state index contributed by atoms with van der Waals surface area (Å²) in [5, 5.41) is 0. The molecule has 3 saturated heterocycles. The molecule has 0 aromatic rings. The second-order valence-electron chi connectivity index (χ2n) is 13.7. The monoisotopic (exact) mass is 575 g/mol. The maximum Gasteiger partial charge on any atom is 0.502 e. The van der Waals surface area contributed by atoms with Crippen LogP contribution in [0.5, 0.6) is 0 Å². The van der Waals surface area contributed by atoms with Gasteiger partial charge in [-0.15, -0.1) is 0 Å². The Morgan fingerprint density at radius 1 is 0.471 bits per heavy atom. The van der Waals surface area contributed by atoms with Crippen molar-refractivity contribution in [3.8, 4) is 0 Å². The van der Waals surface area contributed by atoms with Gasteiger partial charge >= 0.3 is 21.5 Å². The number of halogens is 1. The summed E-state index contributed by atoms with van der Waals surface area (Å²) in [7, 11) is -6.84. The number of hydrogen-bond donors (Lipinski definition) is 4. The molecular weight excluding hydrogens is 526 g/mol. The fourth-order valence-electron chi connectivity index (χ4n) is 7.84. The highest BCUT2D eigenvalue weighted by Gasteiger charge is 2.66. The maximum absolute atomic E-state index is 16.2. The first-order valence-corrected chi connectivity index (χ1v) is 30.3. The van der Waals surface area contributed by atoms with E-state index in [0.29, 0.717) is 0 Å². The van der Waals surface area contributed by atoms with E-state index < -0.39 is 57.6 Å². The summed E-state index contributed by atoms with van der Waals surface area (Å²) >= 11 is 0. The van der Waals surface area contributed by atoms with Gasteiger partial charge in [0.05, 0.1) is 0 Å². The fourth-order valence-corrected chi connectivity index (χ4v) is 52.8. The molecule has 3 rings (SSSR count). The summed E-state index contributed by atoms with van der Waals surface area (Å²) in [6, 6.07) is 0. The summed E-state index contributed by atoms with van der Waals surface area (Å²) in [6.45, 7) is 28.8. The van der Waals surface area contributed by atoms with Gasteiger partial charge in [-0.3, -0.25) is 4.32 Å². The van der Waals surface area contributed by atoms with Gasteiger partial charge in [-0.2, -0.15) is 0 Å². The van der Waals surface area contributed by atoms with E-state index in [9.17, 15) is 0 Å². The third kappa shape index (κ3) is 5.17. The van der Waals surface area contributed by atoms with Crippen molar-refractivity contribution in [2.24, 2.45) is 0 Å². The topological polar surface area (TPSA) is 64.3 Å². The Labute approximate surface area is 216 Å². The van der Waals surface area contributed by atoms with Crippen molar-refractivity contribution in [2.75, 3.05) is 21.1 Å². The number of rotatable bonds is 2. The third-order valence-corrected chi connectivity index (χ3v) is 39.7. The van der Waals surface area contributed by atoms with E-state index >= 15 is 4.32 Å². The summed E-state index contributed by atoms with van der Waals surface area (Å²) in [5.41, 5.74) is 0. The Kier molecular flexibility index (Phi) is 7.66. The van der Waals surface area contributed by atoms with Gasteiger partial charge in [0.2, 0.25) is 0 Å². The van der Waals surface area contributed by atoms with Crippen molar-refractivity contribution in [3.63, 3.8) is 0 Å². The highest BCUT2D eigenvalue weighted by atomic mass is 28.5. The van der Waals surface area contributed by atoms with Crippen LogP contribution in [0.4, 0.5) is 4.32 Å². The van der Waals surface area contributed by atoms with Gasteiger partial charge in [0.15, 0.2) is 50.4 Å². The smallest absolute Gasteiger partial charge is 0.337 e. The van der Waals surface area contributed by atoms with Gasteiger partial charge in [-0.1, -0.05) is 0 Å². The van der Waals surface area contributed by atoms with Crippen LogP contribution >= 0.6 is 0 Å². The normalized spacial score (nSPS) is 32.3. The largest absolute Gasteiger partial charge is 0.502 e. The summed E-state index contributed by atoms with van der Waals surface area (Å²) in [6.07, 6.45) is 0. The zero-order valence-corrected chi connectivity index (χ0v) is 30.3. The molecule has 0 aromatic carbocycles. The predicted octanol–water partition coefficient (Wildman–Crippen LogP) is 0.920.